The van der Waals surface area contributed by atoms with Crippen molar-refractivity contribution in [2.75, 3.05) is 6.26 Å². The van der Waals surface area contributed by atoms with Gasteiger partial charge >= 0.3 is 0 Å². The van der Waals surface area contributed by atoms with E-state index < -0.39 is 9.84 Å². The van der Waals surface area contributed by atoms with Crippen LogP contribution < -0.4 is 0 Å². The zero-order valence-corrected chi connectivity index (χ0v) is 10.5. The van der Waals surface area contributed by atoms with Crippen molar-refractivity contribution in [3.63, 3.8) is 0 Å². The molecule has 2 aromatic carbocycles. The van der Waals surface area contributed by atoms with Crippen molar-refractivity contribution in [1.82, 2.24) is 0 Å². The van der Waals surface area contributed by atoms with Crippen LogP contribution in [0.25, 0.3) is 11.1 Å². The lowest BCUT2D eigenvalue weighted by Crippen LogP contribution is -1.96. The molecule has 1 radical (unpaired) electrons. The quantitative estimate of drug-likeness (QED) is 0.829. The largest absolute Gasteiger partial charge is 0.224 e. The number of sulfone groups is 1. The van der Waals surface area contributed by atoms with Gasteiger partial charge in [0.15, 0.2) is 9.84 Å². The summed E-state index contributed by atoms with van der Waals surface area (Å²) in [5.74, 6) is 0. The van der Waals surface area contributed by atoms with Gasteiger partial charge in [0.05, 0.1) is 10.5 Å². The number of nitrogens with zero attached hydrogens (tertiary/aromatic N) is 1. The van der Waals surface area contributed by atoms with Crippen molar-refractivity contribution in [2.24, 2.45) is 0 Å². The molecule has 0 amide bonds. The minimum absolute atomic E-state index is 0.268. The maximum Gasteiger partial charge on any atom is 0.175 e. The molecule has 18 heavy (non-hydrogen) atoms. The summed E-state index contributed by atoms with van der Waals surface area (Å²) in [6, 6.07) is 16.7. The van der Waals surface area contributed by atoms with Crippen LogP contribution in [0.15, 0.2) is 47.4 Å². The van der Waals surface area contributed by atoms with E-state index in [1.165, 1.54) is 6.26 Å². The molecule has 89 valence electrons. The first-order chi connectivity index (χ1) is 8.52. The predicted molar refractivity (Wildman–Crippen MR) is 68.5 cm³/mol. The van der Waals surface area contributed by atoms with Gasteiger partial charge in [0, 0.05) is 17.9 Å². The molecule has 0 unspecified atom stereocenters. The highest BCUT2D eigenvalue weighted by Crippen LogP contribution is 2.24. The van der Waals surface area contributed by atoms with Crippen LogP contribution in [0.1, 0.15) is 5.56 Å². The SMILES string of the molecule is CS(=O)(=O)c1ccc(-c2ccc[c]c2C#N)cc1. The first-order valence-electron chi connectivity index (χ1n) is 5.23. The molecular weight excluding hydrogens is 246 g/mol. The van der Waals surface area contributed by atoms with Crippen LogP contribution in [0.3, 0.4) is 0 Å². The summed E-state index contributed by atoms with van der Waals surface area (Å²) in [6.45, 7) is 0. The van der Waals surface area contributed by atoms with E-state index in [0.717, 1.165) is 11.1 Å². The van der Waals surface area contributed by atoms with Gasteiger partial charge in [-0.2, -0.15) is 5.26 Å². The third kappa shape index (κ3) is 2.41. The van der Waals surface area contributed by atoms with Crippen molar-refractivity contribution in [2.45, 2.75) is 4.90 Å². The number of hydrogen-bond donors (Lipinski definition) is 0. The van der Waals surface area contributed by atoms with Crippen molar-refractivity contribution < 1.29 is 8.42 Å². The smallest absolute Gasteiger partial charge is 0.175 e. The second-order valence-electron chi connectivity index (χ2n) is 3.87. The summed E-state index contributed by atoms with van der Waals surface area (Å²) in [7, 11) is -3.19. The summed E-state index contributed by atoms with van der Waals surface area (Å²) in [4.78, 5) is 0.268. The average Bonchev–Trinajstić information content (AvgIpc) is 2.38. The Kier molecular flexibility index (Phi) is 3.17. The first-order valence-corrected chi connectivity index (χ1v) is 7.13. The molecule has 0 bridgehead atoms. The highest BCUT2D eigenvalue weighted by Gasteiger charge is 2.08. The van der Waals surface area contributed by atoms with E-state index in [0.29, 0.717) is 5.56 Å². The highest BCUT2D eigenvalue weighted by atomic mass is 32.2. The Labute approximate surface area is 106 Å². The molecule has 0 spiro atoms. The number of benzene rings is 2. The maximum atomic E-state index is 11.3. The zero-order chi connectivity index (χ0) is 13.2. The lowest BCUT2D eigenvalue weighted by Gasteiger charge is -2.04. The average molecular weight is 256 g/mol. The van der Waals surface area contributed by atoms with Crippen LogP contribution >= 0.6 is 0 Å². The predicted octanol–water partition coefficient (Wildman–Crippen LogP) is 2.43. The van der Waals surface area contributed by atoms with Crippen LogP contribution in [-0.2, 0) is 9.84 Å². The summed E-state index contributed by atoms with van der Waals surface area (Å²) < 4.78 is 22.7. The topological polar surface area (TPSA) is 57.9 Å². The minimum Gasteiger partial charge on any atom is -0.224 e. The van der Waals surface area contributed by atoms with E-state index in [9.17, 15) is 8.42 Å². The highest BCUT2D eigenvalue weighted by molar-refractivity contribution is 7.90. The molecular formula is C14H10NO2S. The second kappa shape index (κ2) is 4.63. The van der Waals surface area contributed by atoms with E-state index in [2.05, 4.69) is 12.1 Å². The van der Waals surface area contributed by atoms with Crippen molar-refractivity contribution in [3.8, 4) is 17.2 Å². The Bertz CT molecular complexity index is 710. The summed E-state index contributed by atoms with van der Waals surface area (Å²) >= 11 is 0. The van der Waals surface area contributed by atoms with Crippen LogP contribution in [0.4, 0.5) is 0 Å². The van der Waals surface area contributed by atoms with Gasteiger partial charge in [-0.25, -0.2) is 8.42 Å². The van der Waals surface area contributed by atoms with E-state index in [4.69, 9.17) is 5.26 Å². The Hall–Kier alpha value is -2.12. The van der Waals surface area contributed by atoms with Gasteiger partial charge < -0.3 is 0 Å². The molecule has 0 aliphatic rings. The fourth-order valence-electron chi connectivity index (χ4n) is 1.65. The molecule has 0 fully saturated rings. The van der Waals surface area contributed by atoms with E-state index in [1.807, 2.05) is 6.07 Å². The van der Waals surface area contributed by atoms with Gasteiger partial charge in [-0.1, -0.05) is 30.3 Å². The van der Waals surface area contributed by atoms with E-state index in [1.54, 1.807) is 36.4 Å². The van der Waals surface area contributed by atoms with Crippen molar-refractivity contribution in [1.29, 1.82) is 5.26 Å². The van der Waals surface area contributed by atoms with Crippen LogP contribution in [0.5, 0.6) is 0 Å². The Morgan fingerprint density at radius 3 is 2.39 bits per heavy atom. The first kappa shape index (κ1) is 12.3. The number of rotatable bonds is 2. The van der Waals surface area contributed by atoms with E-state index in [-0.39, 0.29) is 4.90 Å². The third-order valence-electron chi connectivity index (χ3n) is 2.56. The van der Waals surface area contributed by atoms with Crippen LogP contribution in [0, 0.1) is 17.4 Å². The molecule has 4 heteroatoms. The summed E-state index contributed by atoms with van der Waals surface area (Å²) in [5, 5.41) is 8.99. The molecule has 0 heterocycles. The molecule has 0 aliphatic carbocycles. The van der Waals surface area contributed by atoms with Gasteiger partial charge in [-0.3, -0.25) is 0 Å². The second-order valence-corrected chi connectivity index (χ2v) is 5.88. The molecule has 0 saturated carbocycles. The molecule has 0 saturated heterocycles. The zero-order valence-electron chi connectivity index (χ0n) is 9.71. The van der Waals surface area contributed by atoms with Gasteiger partial charge in [-0.15, -0.1) is 0 Å². The van der Waals surface area contributed by atoms with Gasteiger partial charge in [0.2, 0.25) is 0 Å². The van der Waals surface area contributed by atoms with Crippen LogP contribution in [0.2, 0.25) is 0 Å². The maximum absolute atomic E-state index is 11.3. The Morgan fingerprint density at radius 1 is 1.17 bits per heavy atom. The summed E-state index contributed by atoms with van der Waals surface area (Å²) in [5.41, 5.74) is 2.00. The summed E-state index contributed by atoms with van der Waals surface area (Å²) in [6.07, 6.45) is 1.17. The lowest BCUT2D eigenvalue weighted by atomic mass is 10.0. The molecule has 0 aliphatic heterocycles. The van der Waals surface area contributed by atoms with Gasteiger partial charge in [-0.05, 0) is 17.7 Å². The van der Waals surface area contributed by atoms with Crippen LogP contribution in [-0.4, -0.2) is 14.7 Å². The molecule has 0 N–H and O–H groups in total. The fourth-order valence-corrected chi connectivity index (χ4v) is 2.28. The Balaban J connectivity index is 2.51. The van der Waals surface area contributed by atoms with Gasteiger partial charge in [0.25, 0.3) is 0 Å². The number of hydrogen-bond acceptors (Lipinski definition) is 3. The Morgan fingerprint density at radius 2 is 1.83 bits per heavy atom. The molecule has 0 aromatic heterocycles. The molecule has 3 nitrogen and oxygen atoms in total. The molecule has 2 rings (SSSR count). The van der Waals surface area contributed by atoms with Crippen molar-refractivity contribution in [3.05, 3.63) is 54.1 Å². The lowest BCUT2D eigenvalue weighted by molar-refractivity contribution is 0.602. The number of nitriles is 1. The minimum atomic E-state index is -3.19. The van der Waals surface area contributed by atoms with Crippen molar-refractivity contribution >= 4 is 9.84 Å². The van der Waals surface area contributed by atoms with E-state index >= 15 is 0 Å². The molecule has 2 aromatic rings. The fraction of sp³-hybridized carbons (Fsp3) is 0.0714. The third-order valence-corrected chi connectivity index (χ3v) is 3.69. The molecule has 0 atom stereocenters. The monoisotopic (exact) mass is 256 g/mol. The standard InChI is InChI=1S/C14H10NO2S/c1-18(16,17)13-8-6-11(7-9-13)14-5-3-2-4-12(14)10-15/h2-3,5-9H,1H3. The van der Waals surface area contributed by atoms with Gasteiger partial charge in [0.1, 0.15) is 6.07 Å². The normalized spacial score (nSPS) is 10.9.